The highest BCUT2D eigenvalue weighted by atomic mass is 35.5. The van der Waals surface area contributed by atoms with Gasteiger partial charge in [0, 0.05) is 18.5 Å². The van der Waals surface area contributed by atoms with Gasteiger partial charge in [-0.2, -0.15) is 0 Å². The number of pyridine rings is 1. The first-order chi connectivity index (χ1) is 9.22. The minimum Gasteiger partial charge on any atom is -0.485 e. The summed E-state index contributed by atoms with van der Waals surface area (Å²) in [5.74, 6) is 0.699. The van der Waals surface area contributed by atoms with Crippen LogP contribution in [0.4, 0.5) is 0 Å². The lowest BCUT2D eigenvalue weighted by Crippen LogP contribution is -1.97. The topological polar surface area (TPSA) is 26.5 Å². The van der Waals surface area contributed by atoms with Gasteiger partial charge >= 0.3 is 0 Å². The molecule has 3 aromatic rings. The van der Waals surface area contributed by atoms with Gasteiger partial charge in [-0.3, -0.25) is 0 Å². The van der Waals surface area contributed by atoms with E-state index in [0.717, 1.165) is 16.9 Å². The molecule has 96 valence electrons. The minimum absolute atomic E-state index is 0.503. The van der Waals surface area contributed by atoms with E-state index in [9.17, 15) is 0 Å². The Kier molecular flexibility index (Phi) is 3.13. The summed E-state index contributed by atoms with van der Waals surface area (Å²) in [6.07, 6.45) is 3.75. The Bertz CT molecular complexity index is 707. The Morgan fingerprint density at radius 1 is 1.21 bits per heavy atom. The van der Waals surface area contributed by atoms with Crippen molar-refractivity contribution in [2.75, 3.05) is 0 Å². The monoisotopic (exact) mass is 272 g/mol. The van der Waals surface area contributed by atoms with Crippen LogP contribution in [-0.4, -0.2) is 9.38 Å². The van der Waals surface area contributed by atoms with Gasteiger partial charge in [0.2, 0.25) is 0 Å². The van der Waals surface area contributed by atoms with Crippen LogP contribution in [0.3, 0.4) is 0 Å². The Morgan fingerprint density at radius 3 is 2.79 bits per heavy atom. The minimum atomic E-state index is 0.503. The molecule has 3 rings (SSSR count). The molecule has 0 aliphatic rings. The van der Waals surface area contributed by atoms with E-state index in [2.05, 4.69) is 4.98 Å². The molecule has 0 unspecified atom stereocenters. The molecule has 0 N–H and O–H groups in total. The largest absolute Gasteiger partial charge is 0.485 e. The van der Waals surface area contributed by atoms with Gasteiger partial charge < -0.3 is 9.14 Å². The molecule has 0 bridgehead atoms. The van der Waals surface area contributed by atoms with Crippen molar-refractivity contribution in [1.82, 2.24) is 9.38 Å². The third-order valence-electron chi connectivity index (χ3n) is 2.84. The van der Waals surface area contributed by atoms with Gasteiger partial charge in [-0.05, 0) is 12.5 Å². The SMILES string of the molecule is Cc1cn2cc(Cl)cc(OCc3ccccc3)c2n1. The summed E-state index contributed by atoms with van der Waals surface area (Å²) < 4.78 is 7.72. The number of aryl methyl sites for hydroxylation is 1. The number of hydrogen-bond acceptors (Lipinski definition) is 2. The molecule has 0 amide bonds. The fourth-order valence-corrected chi connectivity index (χ4v) is 2.20. The summed E-state index contributed by atoms with van der Waals surface area (Å²) in [6.45, 7) is 2.45. The molecule has 0 aliphatic carbocycles. The first-order valence-corrected chi connectivity index (χ1v) is 6.42. The van der Waals surface area contributed by atoms with E-state index in [1.54, 1.807) is 6.07 Å². The number of benzene rings is 1. The second kappa shape index (κ2) is 4.94. The van der Waals surface area contributed by atoms with Gasteiger partial charge in [-0.15, -0.1) is 0 Å². The Hall–Kier alpha value is -2.00. The second-order valence-corrected chi connectivity index (χ2v) is 4.85. The van der Waals surface area contributed by atoms with Gasteiger partial charge in [0.1, 0.15) is 6.61 Å². The zero-order valence-corrected chi connectivity index (χ0v) is 11.3. The van der Waals surface area contributed by atoms with Crippen molar-refractivity contribution in [3.63, 3.8) is 0 Å². The van der Waals surface area contributed by atoms with Crippen LogP contribution >= 0.6 is 11.6 Å². The lowest BCUT2D eigenvalue weighted by molar-refractivity contribution is 0.308. The van der Waals surface area contributed by atoms with E-state index < -0.39 is 0 Å². The first-order valence-electron chi connectivity index (χ1n) is 6.04. The predicted octanol–water partition coefficient (Wildman–Crippen LogP) is 3.88. The van der Waals surface area contributed by atoms with Crippen LogP contribution in [0.2, 0.25) is 5.02 Å². The van der Waals surface area contributed by atoms with Crippen LogP contribution in [0, 0.1) is 6.92 Å². The molecular formula is C15H13ClN2O. The number of ether oxygens (including phenoxy) is 1. The average Bonchev–Trinajstić information content (AvgIpc) is 2.77. The van der Waals surface area contributed by atoms with Crippen molar-refractivity contribution in [3.8, 4) is 5.75 Å². The van der Waals surface area contributed by atoms with Crippen LogP contribution in [-0.2, 0) is 6.61 Å². The summed E-state index contributed by atoms with van der Waals surface area (Å²) in [6, 6.07) is 11.8. The molecule has 0 spiro atoms. The molecule has 2 aromatic heterocycles. The first kappa shape index (κ1) is 12.1. The predicted molar refractivity (Wildman–Crippen MR) is 75.7 cm³/mol. The molecule has 1 aromatic carbocycles. The number of hydrogen-bond donors (Lipinski definition) is 0. The van der Waals surface area contributed by atoms with Crippen molar-refractivity contribution in [3.05, 3.63) is 65.1 Å². The highest BCUT2D eigenvalue weighted by molar-refractivity contribution is 6.30. The van der Waals surface area contributed by atoms with Crippen LogP contribution in [0.15, 0.2) is 48.8 Å². The van der Waals surface area contributed by atoms with Crippen molar-refractivity contribution >= 4 is 17.2 Å². The summed E-state index contributed by atoms with van der Waals surface area (Å²) in [4.78, 5) is 4.45. The number of aromatic nitrogens is 2. The Balaban J connectivity index is 1.92. The van der Waals surface area contributed by atoms with Gasteiger partial charge in [-0.25, -0.2) is 4.98 Å². The Morgan fingerprint density at radius 2 is 2.00 bits per heavy atom. The molecule has 4 heteroatoms. The molecule has 19 heavy (non-hydrogen) atoms. The smallest absolute Gasteiger partial charge is 0.180 e. The van der Waals surface area contributed by atoms with Crippen LogP contribution in [0.25, 0.3) is 5.65 Å². The maximum atomic E-state index is 6.09. The van der Waals surface area contributed by atoms with E-state index >= 15 is 0 Å². The fourth-order valence-electron chi connectivity index (χ4n) is 2.00. The Labute approximate surface area is 116 Å². The van der Waals surface area contributed by atoms with E-state index in [-0.39, 0.29) is 0 Å². The highest BCUT2D eigenvalue weighted by Crippen LogP contribution is 2.24. The van der Waals surface area contributed by atoms with Gasteiger partial charge in [-0.1, -0.05) is 41.9 Å². The number of nitrogens with zero attached hydrogens (tertiary/aromatic N) is 2. The lowest BCUT2D eigenvalue weighted by Gasteiger charge is -2.08. The molecule has 0 fully saturated rings. The summed E-state index contributed by atoms with van der Waals surface area (Å²) in [7, 11) is 0. The van der Waals surface area contributed by atoms with Crippen molar-refractivity contribution in [2.45, 2.75) is 13.5 Å². The van der Waals surface area contributed by atoms with Crippen LogP contribution in [0.1, 0.15) is 11.3 Å². The third-order valence-corrected chi connectivity index (χ3v) is 3.05. The second-order valence-electron chi connectivity index (χ2n) is 4.41. The average molecular weight is 273 g/mol. The number of rotatable bonds is 3. The molecule has 2 heterocycles. The third kappa shape index (κ3) is 2.56. The molecule has 0 atom stereocenters. The maximum absolute atomic E-state index is 6.09. The molecule has 0 saturated heterocycles. The highest BCUT2D eigenvalue weighted by Gasteiger charge is 2.08. The quantitative estimate of drug-likeness (QED) is 0.723. The number of imidazole rings is 1. The van der Waals surface area contributed by atoms with E-state index in [1.165, 1.54) is 0 Å². The van der Waals surface area contributed by atoms with Crippen molar-refractivity contribution < 1.29 is 4.74 Å². The number of halogens is 1. The normalized spacial score (nSPS) is 10.8. The molecule has 0 saturated carbocycles. The summed E-state index contributed by atoms with van der Waals surface area (Å²) >= 11 is 6.09. The van der Waals surface area contributed by atoms with Gasteiger partial charge in [0.05, 0.1) is 10.7 Å². The van der Waals surface area contributed by atoms with Gasteiger partial charge in [0.25, 0.3) is 0 Å². The van der Waals surface area contributed by atoms with Crippen LogP contribution in [0.5, 0.6) is 5.75 Å². The summed E-state index contributed by atoms with van der Waals surface area (Å²) in [5.41, 5.74) is 2.84. The fraction of sp³-hybridized carbons (Fsp3) is 0.133. The molecule has 0 aliphatic heterocycles. The molecule has 3 nitrogen and oxygen atoms in total. The van der Waals surface area contributed by atoms with E-state index in [0.29, 0.717) is 17.4 Å². The summed E-state index contributed by atoms with van der Waals surface area (Å²) in [5, 5.41) is 0.632. The van der Waals surface area contributed by atoms with E-state index in [1.807, 2.05) is 54.0 Å². The zero-order chi connectivity index (χ0) is 13.2. The van der Waals surface area contributed by atoms with Crippen molar-refractivity contribution in [1.29, 1.82) is 0 Å². The van der Waals surface area contributed by atoms with Crippen LogP contribution < -0.4 is 4.74 Å². The molecule has 0 radical (unpaired) electrons. The van der Waals surface area contributed by atoms with E-state index in [4.69, 9.17) is 16.3 Å². The van der Waals surface area contributed by atoms with Crippen molar-refractivity contribution in [2.24, 2.45) is 0 Å². The standard InChI is InChI=1S/C15H13ClN2O/c1-11-8-18-9-13(16)7-14(15(18)17-11)19-10-12-5-3-2-4-6-12/h2-9H,10H2,1H3. The number of fused-ring (bicyclic) bond motifs is 1. The maximum Gasteiger partial charge on any atom is 0.180 e. The lowest BCUT2D eigenvalue weighted by atomic mass is 10.2. The zero-order valence-electron chi connectivity index (χ0n) is 10.5. The molecular weight excluding hydrogens is 260 g/mol. The van der Waals surface area contributed by atoms with Gasteiger partial charge in [0.15, 0.2) is 11.4 Å².